The molecule has 0 saturated heterocycles. The highest BCUT2D eigenvalue weighted by molar-refractivity contribution is 5.88. The monoisotopic (exact) mass is 328 g/mol. The van der Waals surface area contributed by atoms with E-state index in [0.717, 1.165) is 22.4 Å². The van der Waals surface area contributed by atoms with Crippen LogP contribution in [0.25, 0.3) is 22.4 Å². The van der Waals surface area contributed by atoms with Crippen molar-refractivity contribution >= 4 is 17.0 Å². The molecule has 0 aliphatic heterocycles. The smallest absolute Gasteiger partial charge is 0.335 e. The second kappa shape index (κ2) is 6.24. The number of hydrogen-bond acceptors (Lipinski definition) is 2. The number of para-hydroxylation sites is 2. The number of carboxylic acid groups (broad SMARTS) is 1. The van der Waals surface area contributed by atoms with Crippen LogP contribution in [-0.2, 0) is 6.54 Å². The van der Waals surface area contributed by atoms with E-state index in [4.69, 9.17) is 10.1 Å². The minimum atomic E-state index is -0.927. The molecule has 4 rings (SSSR count). The van der Waals surface area contributed by atoms with Crippen LogP contribution >= 0.6 is 0 Å². The molecular weight excluding hydrogens is 312 g/mol. The predicted octanol–water partition coefficient (Wildman–Crippen LogP) is 4.45. The Kier molecular flexibility index (Phi) is 3.78. The van der Waals surface area contributed by atoms with Gasteiger partial charge >= 0.3 is 5.97 Å². The first-order valence-electron chi connectivity index (χ1n) is 8.05. The van der Waals surface area contributed by atoms with Crippen LogP contribution in [0, 0.1) is 0 Å². The number of aromatic nitrogens is 2. The third-order valence-electron chi connectivity index (χ3n) is 4.23. The van der Waals surface area contributed by atoms with Gasteiger partial charge in [-0.1, -0.05) is 54.6 Å². The quantitative estimate of drug-likeness (QED) is 0.602. The van der Waals surface area contributed by atoms with Crippen molar-refractivity contribution in [1.82, 2.24) is 9.55 Å². The van der Waals surface area contributed by atoms with Crippen LogP contribution in [0.5, 0.6) is 0 Å². The van der Waals surface area contributed by atoms with Gasteiger partial charge in [-0.2, -0.15) is 0 Å². The zero-order chi connectivity index (χ0) is 17.2. The Labute approximate surface area is 145 Å². The van der Waals surface area contributed by atoms with Crippen molar-refractivity contribution in [2.45, 2.75) is 6.54 Å². The first-order valence-corrected chi connectivity index (χ1v) is 8.05. The lowest BCUT2D eigenvalue weighted by molar-refractivity contribution is 0.0697. The summed E-state index contributed by atoms with van der Waals surface area (Å²) in [5, 5.41) is 9.09. The van der Waals surface area contributed by atoms with Crippen LogP contribution in [-0.4, -0.2) is 20.6 Å². The molecule has 0 amide bonds. The topological polar surface area (TPSA) is 55.1 Å². The van der Waals surface area contributed by atoms with E-state index in [9.17, 15) is 4.79 Å². The Morgan fingerprint density at radius 2 is 1.56 bits per heavy atom. The molecular formula is C21H16N2O2. The van der Waals surface area contributed by atoms with Gasteiger partial charge in [-0.25, -0.2) is 9.78 Å². The predicted molar refractivity (Wildman–Crippen MR) is 97.7 cm³/mol. The van der Waals surface area contributed by atoms with Crippen molar-refractivity contribution in [2.75, 3.05) is 0 Å². The summed E-state index contributed by atoms with van der Waals surface area (Å²) in [5.74, 6) is -0.0914. The van der Waals surface area contributed by atoms with E-state index in [2.05, 4.69) is 22.8 Å². The molecule has 1 aromatic heterocycles. The molecule has 4 aromatic rings. The molecule has 0 bridgehead atoms. The van der Waals surface area contributed by atoms with Gasteiger partial charge in [-0.3, -0.25) is 0 Å². The largest absolute Gasteiger partial charge is 0.478 e. The zero-order valence-corrected chi connectivity index (χ0v) is 13.5. The van der Waals surface area contributed by atoms with Gasteiger partial charge in [0.1, 0.15) is 5.82 Å². The van der Waals surface area contributed by atoms with Gasteiger partial charge in [0.15, 0.2) is 0 Å². The van der Waals surface area contributed by atoms with Crippen molar-refractivity contribution in [1.29, 1.82) is 0 Å². The Bertz CT molecular complexity index is 1030. The van der Waals surface area contributed by atoms with Gasteiger partial charge in [-0.05, 0) is 29.8 Å². The third-order valence-corrected chi connectivity index (χ3v) is 4.23. The number of carboxylic acids is 1. The third kappa shape index (κ3) is 2.90. The highest BCUT2D eigenvalue weighted by Crippen LogP contribution is 2.26. The number of benzene rings is 3. The van der Waals surface area contributed by atoms with E-state index >= 15 is 0 Å². The van der Waals surface area contributed by atoms with Gasteiger partial charge in [0.25, 0.3) is 0 Å². The summed E-state index contributed by atoms with van der Waals surface area (Å²) < 4.78 is 2.17. The van der Waals surface area contributed by atoms with Gasteiger partial charge in [0, 0.05) is 12.1 Å². The molecule has 1 heterocycles. The van der Waals surface area contributed by atoms with Crippen molar-refractivity contribution in [3.63, 3.8) is 0 Å². The molecule has 122 valence electrons. The highest BCUT2D eigenvalue weighted by atomic mass is 16.4. The summed E-state index contributed by atoms with van der Waals surface area (Å²) in [7, 11) is 0. The molecule has 0 radical (unpaired) electrons. The van der Waals surface area contributed by atoms with Crippen LogP contribution < -0.4 is 0 Å². The molecule has 1 N–H and O–H groups in total. The van der Waals surface area contributed by atoms with Crippen LogP contribution in [0.2, 0.25) is 0 Å². The Morgan fingerprint density at radius 1 is 0.880 bits per heavy atom. The molecule has 4 nitrogen and oxygen atoms in total. The van der Waals surface area contributed by atoms with Gasteiger partial charge in [0.05, 0.1) is 16.6 Å². The molecule has 0 saturated carbocycles. The summed E-state index contributed by atoms with van der Waals surface area (Å²) in [5.41, 5.74) is 4.35. The lowest BCUT2D eigenvalue weighted by Crippen LogP contribution is -2.02. The fraction of sp³-hybridized carbons (Fsp3) is 0.0476. The molecule has 3 aromatic carbocycles. The van der Waals surface area contributed by atoms with Gasteiger partial charge < -0.3 is 9.67 Å². The van der Waals surface area contributed by atoms with E-state index in [1.165, 1.54) is 5.56 Å². The average molecular weight is 328 g/mol. The molecule has 4 heteroatoms. The molecule has 0 unspecified atom stereocenters. The van der Waals surface area contributed by atoms with Crippen LogP contribution in [0.4, 0.5) is 0 Å². The summed E-state index contributed by atoms with van der Waals surface area (Å²) in [6.07, 6.45) is 0. The normalized spacial score (nSPS) is 10.9. The molecule has 0 fully saturated rings. The lowest BCUT2D eigenvalue weighted by atomic mass is 10.1. The minimum Gasteiger partial charge on any atom is -0.478 e. The number of fused-ring (bicyclic) bond motifs is 1. The SMILES string of the molecule is O=C(O)c1ccc(-c2nc3ccccc3n2Cc2ccccc2)cc1. The molecule has 0 atom stereocenters. The van der Waals surface area contributed by atoms with E-state index in [1.807, 2.05) is 48.5 Å². The molecule has 0 spiro atoms. The second-order valence-corrected chi connectivity index (χ2v) is 5.88. The number of nitrogens with zero attached hydrogens (tertiary/aromatic N) is 2. The van der Waals surface area contributed by atoms with Crippen molar-refractivity contribution in [3.8, 4) is 11.4 Å². The maximum Gasteiger partial charge on any atom is 0.335 e. The summed E-state index contributed by atoms with van der Waals surface area (Å²) in [6.45, 7) is 0.706. The second-order valence-electron chi connectivity index (χ2n) is 5.88. The van der Waals surface area contributed by atoms with Gasteiger partial charge in [0.2, 0.25) is 0 Å². The lowest BCUT2D eigenvalue weighted by Gasteiger charge is -2.10. The molecule has 0 aliphatic rings. The standard InChI is InChI=1S/C21H16N2O2/c24-21(25)17-12-10-16(11-13-17)20-22-18-8-4-5-9-19(18)23(20)14-15-6-2-1-3-7-15/h1-13H,14H2,(H,24,25). The van der Waals surface area contributed by atoms with Crippen molar-refractivity contribution in [2.24, 2.45) is 0 Å². The fourth-order valence-electron chi connectivity index (χ4n) is 2.98. The number of hydrogen-bond donors (Lipinski definition) is 1. The number of imidazole rings is 1. The maximum atomic E-state index is 11.1. The van der Waals surface area contributed by atoms with Crippen molar-refractivity contribution in [3.05, 3.63) is 90.0 Å². The Hall–Kier alpha value is -3.40. The van der Waals surface area contributed by atoms with E-state index < -0.39 is 5.97 Å². The maximum absolute atomic E-state index is 11.1. The molecule has 25 heavy (non-hydrogen) atoms. The van der Waals surface area contributed by atoms with Crippen LogP contribution in [0.3, 0.4) is 0 Å². The van der Waals surface area contributed by atoms with Crippen molar-refractivity contribution < 1.29 is 9.90 Å². The number of aromatic carboxylic acids is 1. The van der Waals surface area contributed by atoms with E-state index in [0.29, 0.717) is 6.54 Å². The summed E-state index contributed by atoms with van der Waals surface area (Å²) in [6, 6.07) is 25.1. The average Bonchev–Trinajstić information content (AvgIpc) is 3.01. The fourth-order valence-corrected chi connectivity index (χ4v) is 2.98. The minimum absolute atomic E-state index is 0.273. The van der Waals surface area contributed by atoms with E-state index in [-0.39, 0.29) is 5.56 Å². The molecule has 0 aliphatic carbocycles. The van der Waals surface area contributed by atoms with Crippen LogP contribution in [0.15, 0.2) is 78.9 Å². The first-order chi connectivity index (χ1) is 12.2. The summed E-state index contributed by atoms with van der Waals surface area (Å²) in [4.78, 5) is 15.8. The van der Waals surface area contributed by atoms with E-state index in [1.54, 1.807) is 12.1 Å². The van der Waals surface area contributed by atoms with Gasteiger partial charge in [-0.15, -0.1) is 0 Å². The number of carbonyl (C=O) groups is 1. The number of rotatable bonds is 4. The highest BCUT2D eigenvalue weighted by Gasteiger charge is 2.13. The zero-order valence-electron chi connectivity index (χ0n) is 13.5. The van der Waals surface area contributed by atoms with Crippen LogP contribution in [0.1, 0.15) is 15.9 Å². The Morgan fingerprint density at radius 3 is 2.28 bits per heavy atom. The summed E-state index contributed by atoms with van der Waals surface area (Å²) >= 11 is 0. The first kappa shape index (κ1) is 15.1. The Balaban J connectivity index is 1.85.